The minimum Gasteiger partial charge on any atom is -0.310 e. The van der Waals surface area contributed by atoms with Gasteiger partial charge in [0.05, 0.1) is 22.4 Å². The maximum atomic E-state index is 5.12. The number of para-hydroxylation sites is 2. The molecule has 4 heteroatoms. The van der Waals surface area contributed by atoms with Crippen LogP contribution in [0.4, 0.5) is 34.1 Å². The van der Waals surface area contributed by atoms with Gasteiger partial charge in [-0.2, -0.15) is 0 Å². The van der Waals surface area contributed by atoms with Gasteiger partial charge in [-0.25, -0.2) is 0 Å². The average molecular weight is 1400 g/mol. The van der Waals surface area contributed by atoms with Crippen LogP contribution >= 0.6 is 0 Å². The predicted octanol–water partition coefficient (Wildman–Crippen LogP) is 29.3. The van der Waals surface area contributed by atoms with Crippen molar-refractivity contribution < 1.29 is 0 Å². The Morgan fingerprint density at radius 2 is 0.545 bits per heavy atom. The molecule has 4 nitrogen and oxygen atoms in total. The highest BCUT2D eigenvalue weighted by Crippen LogP contribution is 2.61. The normalized spacial score (nSPS) is 11.8. The van der Waals surface area contributed by atoms with Crippen molar-refractivity contribution in [1.29, 1.82) is 0 Å². The van der Waals surface area contributed by atoms with E-state index >= 15 is 0 Å². The molecule has 18 aromatic carbocycles. The van der Waals surface area contributed by atoms with Crippen LogP contribution < -0.4 is 9.80 Å². The Bertz CT molecular complexity index is 7000. The van der Waals surface area contributed by atoms with Crippen molar-refractivity contribution in [2.24, 2.45) is 0 Å². The number of hydrogen-bond donors (Lipinski definition) is 0. The first kappa shape index (κ1) is 62.8. The Morgan fingerprint density at radius 3 is 1.10 bits per heavy atom. The van der Waals surface area contributed by atoms with E-state index in [1.54, 1.807) is 0 Å². The van der Waals surface area contributed by atoms with E-state index in [4.69, 9.17) is 9.97 Å². The molecule has 0 saturated carbocycles. The summed E-state index contributed by atoms with van der Waals surface area (Å²) in [5.74, 6) is 0. The van der Waals surface area contributed by atoms with Gasteiger partial charge in [-0.05, 0) is 256 Å². The summed E-state index contributed by atoms with van der Waals surface area (Å²) in [4.78, 5) is 14.6. The standard InChI is InChI=1S/C106H66N4/c1-6-25-69(26-7-1)96-84-39-16-17-40-85(84)97(70-27-8-2-9-28-70)104-90-61-59-81(82-41-20-43-88(100(82)90)102(96)104)68-51-56-78(57-52-68)110(95-48-19-33-73-35-23-64-108-106(73)95)79-38-18-34-74(65-79)75-53-58-86-92(66-75)99(72-31-12-4-13-32-72)103-89-44-21-42-83-80(60-62-91(101(83)89)105(103)98(86)71-29-10-3-11-30-71)67-49-54-77(55-50-67)109(76-36-14-5-15-37-76)94-47-22-46-93-87(94)45-24-63-107-93/h1-66H. The molecule has 2 aliphatic carbocycles. The Labute approximate surface area is 637 Å². The number of benzene rings is 18. The SMILES string of the molecule is c1ccc(-c2c3c(c(-c4ccccc4)c4ccccc24)-c2ccc(-c4ccc(N(c5cccc(-c6ccc7c(-c8ccccc8)c8c(c(-c9ccccc9)c7c6)-c6cccc7c(-c9ccc(N(c%10ccccc%10)c%10cccc%11ncccc%10%11)cc9)ccc-8c67)c5)c5cccc6cccnc56)cc4)c4cccc-3c24)cc1. The zero-order valence-electron chi connectivity index (χ0n) is 59.9. The lowest BCUT2D eigenvalue weighted by Crippen LogP contribution is -2.11. The monoisotopic (exact) mass is 1390 g/mol. The zero-order chi connectivity index (χ0) is 72.3. The molecule has 0 bridgehead atoms. The largest absolute Gasteiger partial charge is 0.310 e. The minimum atomic E-state index is 0.927. The molecule has 2 aromatic heterocycles. The average Bonchev–Trinajstić information content (AvgIpc) is 1.53. The Balaban J connectivity index is 0.676. The summed E-state index contributed by atoms with van der Waals surface area (Å²) in [6.07, 6.45) is 3.78. The highest BCUT2D eigenvalue weighted by molar-refractivity contribution is 6.31. The van der Waals surface area contributed by atoms with Gasteiger partial charge in [0, 0.05) is 45.9 Å². The van der Waals surface area contributed by atoms with Crippen molar-refractivity contribution in [3.05, 3.63) is 401 Å². The van der Waals surface area contributed by atoms with Crippen LogP contribution in [0, 0.1) is 0 Å². The molecule has 0 saturated heterocycles. The van der Waals surface area contributed by atoms with Gasteiger partial charge < -0.3 is 9.80 Å². The number of pyridine rings is 2. The van der Waals surface area contributed by atoms with Gasteiger partial charge in [-0.15, -0.1) is 0 Å². The first-order chi connectivity index (χ1) is 54.6. The molecule has 2 aliphatic rings. The molecule has 0 radical (unpaired) electrons. The van der Waals surface area contributed by atoms with E-state index in [-0.39, 0.29) is 0 Å². The van der Waals surface area contributed by atoms with Crippen LogP contribution in [0.2, 0.25) is 0 Å². The Hall–Kier alpha value is -14.6. The van der Waals surface area contributed by atoms with Gasteiger partial charge >= 0.3 is 0 Å². The quantitative estimate of drug-likeness (QED) is 0.115. The Morgan fingerprint density at radius 1 is 0.182 bits per heavy atom. The molecule has 0 spiro atoms. The topological polar surface area (TPSA) is 32.3 Å². The van der Waals surface area contributed by atoms with Crippen LogP contribution in [0.1, 0.15) is 0 Å². The number of aromatic nitrogens is 2. The van der Waals surface area contributed by atoms with Crippen LogP contribution in [0.3, 0.4) is 0 Å². The van der Waals surface area contributed by atoms with Gasteiger partial charge in [0.25, 0.3) is 0 Å². The first-order valence-electron chi connectivity index (χ1n) is 37.8. The van der Waals surface area contributed by atoms with E-state index < -0.39 is 0 Å². The molecular weight excluding hydrogens is 1330 g/mol. The highest BCUT2D eigenvalue weighted by atomic mass is 15.2. The first-order valence-corrected chi connectivity index (χ1v) is 37.8. The third-order valence-corrected chi connectivity index (χ3v) is 23.0. The molecule has 110 heavy (non-hydrogen) atoms. The van der Waals surface area contributed by atoms with Crippen LogP contribution in [0.25, 0.3) is 187 Å². The molecule has 2 heterocycles. The Kier molecular flexibility index (Phi) is 14.6. The predicted molar refractivity (Wildman–Crippen MR) is 463 cm³/mol. The second-order valence-electron chi connectivity index (χ2n) is 28.9. The molecule has 0 unspecified atom stereocenters. The third-order valence-electron chi connectivity index (χ3n) is 23.0. The summed E-state index contributed by atoms with van der Waals surface area (Å²) in [6, 6.07) is 143. The van der Waals surface area contributed by atoms with E-state index in [9.17, 15) is 0 Å². The number of anilines is 6. The summed E-state index contributed by atoms with van der Waals surface area (Å²) in [7, 11) is 0. The summed E-state index contributed by atoms with van der Waals surface area (Å²) in [6.45, 7) is 0. The van der Waals surface area contributed by atoms with E-state index in [0.717, 1.165) is 78.2 Å². The fraction of sp³-hybridized carbons (Fsp3) is 0. The molecule has 22 rings (SSSR count). The highest BCUT2D eigenvalue weighted by Gasteiger charge is 2.34. The number of nitrogens with zero attached hydrogens (tertiary/aromatic N) is 4. The van der Waals surface area contributed by atoms with E-state index in [1.165, 1.54) is 143 Å². The molecule has 0 N–H and O–H groups in total. The van der Waals surface area contributed by atoms with Crippen molar-refractivity contribution >= 4 is 99.0 Å². The number of rotatable bonds is 13. The summed E-state index contributed by atoms with van der Waals surface area (Å²) >= 11 is 0. The second kappa shape index (κ2) is 25.6. The summed E-state index contributed by atoms with van der Waals surface area (Å²) in [5.41, 5.74) is 35.0. The maximum Gasteiger partial charge on any atom is 0.0942 e. The molecule has 0 fully saturated rings. The van der Waals surface area contributed by atoms with Crippen LogP contribution in [0.15, 0.2) is 401 Å². The van der Waals surface area contributed by atoms with Crippen molar-refractivity contribution in [3.63, 3.8) is 0 Å². The van der Waals surface area contributed by atoms with E-state index in [0.29, 0.717) is 0 Å². The van der Waals surface area contributed by atoms with Crippen LogP contribution in [-0.4, -0.2) is 9.97 Å². The molecule has 0 aliphatic heterocycles. The summed E-state index contributed by atoms with van der Waals surface area (Å²) < 4.78 is 0. The van der Waals surface area contributed by atoms with Gasteiger partial charge in [-0.1, -0.05) is 297 Å². The molecule has 0 atom stereocenters. The van der Waals surface area contributed by atoms with Gasteiger partial charge in [0.2, 0.25) is 0 Å². The number of hydrogen-bond acceptors (Lipinski definition) is 4. The van der Waals surface area contributed by atoms with E-state index in [2.05, 4.69) is 386 Å². The lowest BCUT2D eigenvalue weighted by Gasteiger charge is -2.27. The van der Waals surface area contributed by atoms with Gasteiger partial charge in [0.1, 0.15) is 0 Å². The lowest BCUT2D eigenvalue weighted by atomic mass is 9.82. The van der Waals surface area contributed by atoms with Crippen molar-refractivity contribution in [2.45, 2.75) is 0 Å². The zero-order valence-corrected chi connectivity index (χ0v) is 59.9. The lowest BCUT2D eigenvalue weighted by molar-refractivity contribution is 1.28. The number of fused-ring (bicyclic) bond motifs is 10. The molecule has 0 amide bonds. The third kappa shape index (κ3) is 9.93. The van der Waals surface area contributed by atoms with Crippen LogP contribution in [-0.2, 0) is 0 Å². The van der Waals surface area contributed by atoms with Crippen molar-refractivity contribution in [1.82, 2.24) is 9.97 Å². The van der Waals surface area contributed by atoms with Crippen molar-refractivity contribution in [2.75, 3.05) is 9.80 Å². The summed E-state index contributed by atoms with van der Waals surface area (Å²) in [5, 5.41) is 12.1. The van der Waals surface area contributed by atoms with E-state index in [1.807, 2.05) is 24.5 Å². The maximum absolute atomic E-state index is 5.12. The fourth-order valence-electron chi connectivity index (χ4n) is 18.3. The van der Waals surface area contributed by atoms with Crippen LogP contribution in [0.5, 0.6) is 0 Å². The molecular formula is C106H66N4. The molecule has 510 valence electrons. The fourth-order valence-corrected chi connectivity index (χ4v) is 18.3. The molecule has 20 aromatic rings. The minimum absolute atomic E-state index is 0.927. The van der Waals surface area contributed by atoms with Crippen molar-refractivity contribution in [3.8, 4) is 122 Å². The second-order valence-corrected chi connectivity index (χ2v) is 28.9. The van der Waals surface area contributed by atoms with Gasteiger partial charge in [-0.3, -0.25) is 9.97 Å². The smallest absolute Gasteiger partial charge is 0.0942 e. The van der Waals surface area contributed by atoms with Gasteiger partial charge in [0.15, 0.2) is 0 Å².